The molecule has 1 aliphatic rings. The average Bonchev–Trinajstić information content (AvgIpc) is 3.13. The quantitative estimate of drug-likeness (QED) is 0.643. The molecule has 0 unspecified atom stereocenters. The van der Waals surface area contributed by atoms with E-state index in [1.165, 1.54) is 11.4 Å². The van der Waals surface area contributed by atoms with Crippen LogP contribution < -0.4 is 5.43 Å². The van der Waals surface area contributed by atoms with Crippen molar-refractivity contribution in [1.82, 2.24) is 9.99 Å². The smallest absolute Gasteiger partial charge is 0.243 e. The van der Waals surface area contributed by atoms with Gasteiger partial charge in [0.2, 0.25) is 5.91 Å². The van der Waals surface area contributed by atoms with Crippen molar-refractivity contribution in [3.8, 4) is 0 Å². The van der Waals surface area contributed by atoms with Crippen molar-refractivity contribution in [2.24, 2.45) is 16.9 Å². The molecule has 0 saturated heterocycles. The van der Waals surface area contributed by atoms with Crippen molar-refractivity contribution in [2.75, 3.05) is 0 Å². The summed E-state index contributed by atoms with van der Waals surface area (Å²) in [4.78, 5) is 11.5. The lowest BCUT2D eigenvalue weighted by Gasteiger charge is -2.11. The molecule has 0 atom stereocenters. The van der Waals surface area contributed by atoms with Gasteiger partial charge in [-0.2, -0.15) is 5.10 Å². The zero-order valence-corrected chi connectivity index (χ0v) is 12.2. The number of hydrazone groups is 1. The van der Waals surface area contributed by atoms with Crippen LogP contribution >= 0.6 is 0 Å². The minimum Gasteiger partial charge on any atom is -0.348 e. The first kappa shape index (κ1) is 13.8. The van der Waals surface area contributed by atoms with Crippen LogP contribution in [0.3, 0.4) is 0 Å². The third-order valence-electron chi connectivity index (χ3n) is 3.49. The number of aryl methyl sites for hydroxylation is 1. The minimum atomic E-state index is 0.0484. The Morgan fingerprint density at radius 3 is 2.79 bits per heavy atom. The summed E-state index contributed by atoms with van der Waals surface area (Å²) in [6.07, 6.45) is 3.76. The fourth-order valence-corrected chi connectivity index (χ4v) is 2.21. The molecule has 1 heterocycles. The Morgan fingerprint density at radius 2 is 2.21 bits per heavy atom. The van der Waals surface area contributed by atoms with Gasteiger partial charge in [0.1, 0.15) is 0 Å². The van der Waals surface area contributed by atoms with Crippen molar-refractivity contribution in [1.29, 1.82) is 0 Å². The molecule has 4 heteroatoms. The third kappa shape index (κ3) is 3.46. The number of hydrogen-bond acceptors (Lipinski definition) is 2. The largest absolute Gasteiger partial charge is 0.348 e. The standard InChI is InChI=1S/C15H23N3O/c1-10(2)9-18-11(3)7-14(12(18)4)8-16-17-15(19)13-5-6-13/h7-8,10,13H,5-6,9H2,1-4H3,(H,17,19)/b16-8-. The molecule has 0 bridgehead atoms. The molecule has 1 aliphatic carbocycles. The van der Waals surface area contributed by atoms with Crippen LogP contribution in [-0.4, -0.2) is 16.7 Å². The molecule has 1 aromatic heterocycles. The van der Waals surface area contributed by atoms with Crippen molar-refractivity contribution in [2.45, 2.75) is 47.1 Å². The molecule has 0 radical (unpaired) electrons. The summed E-state index contributed by atoms with van der Waals surface area (Å²) in [5.41, 5.74) is 6.13. The molecule has 1 amide bonds. The van der Waals surface area contributed by atoms with Crippen molar-refractivity contribution in [3.63, 3.8) is 0 Å². The van der Waals surface area contributed by atoms with Crippen LogP contribution in [0.4, 0.5) is 0 Å². The van der Waals surface area contributed by atoms with Gasteiger partial charge >= 0.3 is 0 Å². The van der Waals surface area contributed by atoms with Crippen LogP contribution in [0.1, 0.15) is 43.6 Å². The van der Waals surface area contributed by atoms with Crippen LogP contribution in [0, 0.1) is 25.7 Å². The summed E-state index contributed by atoms with van der Waals surface area (Å²) in [6.45, 7) is 9.64. The van der Waals surface area contributed by atoms with E-state index in [4.69, 9.17) is 0 Å². The van der Waals surface area contributed by atoms with Crippen molar-refractivity contribution in [3.05, 3.63) is 23.0 Å². The second kappa shape index (κ2) is 5.59. The molecule has 104 valence electrons. The summed E-state index contributed by atoms with van der Waals surface area (Å²) >= 11 is 0. The Bertz CT molecular complexity index is 496. The Balaban J connectivity index is 2.03. The van der Waals surface area contributed by atoms with E-state index in [-0.39, 0.29) is 11.8 Å². The van der Waals surface area contributed by atoms with E-state index in [1.807, 2.05) is 0 Å². The average molecular weight is 261 g/mol. The van der Waals surface area contributed by atoms with Crippen LogP contribution in [0.5, 0.6) is 0 Å². The van der Waals surface area contributed by atoms with Crippen molar-refractivity contribution >= 4 is 12.1 Å². The Hall–Kier alpha value is -1.58. The fraction of sp³-hybridized carbons (Fsp3) is 0.600. The predicted octanol–water partition coefficient (Wildman–Crippen LogP) is 2.62. The molecule has 1 aromatic rings. The molecule has 1 fully saturated rings. The summed E-state index contributed by atoms with van der Waals surface area (Å²) in [7, 11) is 0. The normalized spacial score (nSPS) is 15.4. The molecule has 0 aliphatic heterocycles. The number of rotatable bonds is 5. The van der Waals surface area contributed by atoms with Crippen LogP contribution in [0.25, 0.3) is 0 Å². The molecule has 4 nitrogen and oxygen atoms in total. The highest BCUT2D eigenvalue weighted by Crippen LogP contribution is 2.28. The lowest BCUT2D eigenvalue weighted by molar-refractivity contribution is -0.122. The summed E-state index contributed by atoms with van der Waals surface area (Å²) < 4.78 is 2.30. The monoisotopic (exact) mass is 261 g/mol. The minimum absolute atomic E-state index is 0.0484. The van der Waals surface area contributed by atoms with Gasteiger partial charge in [-0.05, 0) is 38.7 Å². The van der Waals surface area contributed by atoms with Crippen LogP contribution in [-0.2, 0) is 11.3 Å². The van der Waals surface area contributed by atoms with E-state index in [0.29, 0.717) is 5.92 Å². The maximum atomic E-state index is 11.5. The molecular weight excluding hydrogens is 238 g/mol. The number of hydrogen-bond donors (Lipinski definition) is 1. The highest BCUT2D eigenvalue weighted by atomic mass is 16.2. The SMILES string of the molecule is Cc1cc(/C=N\NC(=O)C2CC2)c(C)n1CC(C)C. The number of carbonyl (C=O) groups is 1. The number of aromatic nitrogens is 1. The van der Waals surface area contributed by atoms with Gasteiger partial charge in [0.05, 0.1) is 6.21 Å². The number of amides is 1. The molecule has 0 aromatic carbocycles. The molecule has 1 N–H and O–H groups in total. The second-order valence-electron chi connectivity index (χ2n) is 5.84. The van der Waals surface area contributed by atoms with Crippen LogP contribution in [0.15, 0.2) is 11.2 Å². The van der Waals surface area contributed by atoms with Gasteiger partial charge in [-0.15, -0.1) is 0 Å². The van der Waals surface area contributed by atoms with E-state index < -0.39 is 0 Å². The maximum absolute atomic E-state index is 11.5. The van der Waals surface area contributed by atoms with Crippen molar-refractivity contribution < 1.29 is 4.79 Å². The molecule has 0 spiro atoms. The predicted molar refractivity (Wildman–Crippen MR) is 77.2 cm³/mol. The zero-order chi connectivity index (χ0) is 14.0. The van der Waals surface area contributed by atoms with E-state index in [0.717, 1.165) is 24.9 Å². The number of nitrogens with one attached hydrogen (secondary N) is 1. The lowest BCUT2D eigenvalue weighted by Crippen LogP contribution is -2.19. The first-order valence-electron chi connectivity index (χ1n) is 6.98. The summed E-state index contributed by atoms with van der Waals surface area (Å²) in [5, 5.41) is 4.06. The highest BCUT2D eigenvalue weighted by Gasteiger charge is 2.29. The Labute approximate surface area is 114 Å². The number of carbonyl (C=O) groups excluding carboxylic acids is 1. The first-order chi connectivity index (χ1) is 8.99. The summed E-state index contributed by atoms with van der Waals surface area (Å²) in [6, 6.07) is 2.12. The van der Waals surface area contributed by atoms with E-state index in [9.17, 15) is 4.79 Å². The summed E-state index contributed by atoms with van der Waals surface area (Å²) in [5.74, 6) is 0.863. The first-order valence-corrected chi connectivity index (χ1v) is 6.98. The Kier molecular flexibility index (Phi) is 4.08. The second-order valence-corrected chi connectivity index (χ2v) is 5.84. The van der Waals surface area contributed by atoms with Gasteiger partial charge in [-0.25, -0.2) is 5.43 Å². The lowest BCUT2D eigenvalue weighted by atomic mass is 10.2. The Morgan fingerprint density at radius 1 is 1.53 bits per heavy atom. The van der Waals surface area contributed by atoms with Gasteiger partial charge in [0.15, 0.2) is 0 Å². The molecule has 1 saturated carbocycles. The highest BCUT2D eigenvalue weighted by molar-refractivity contribution is 5.85. The maximum Gasteiger partial charge on any atom is 0.243 e. The number of nitrogens with zero attached hydrogens (tertiary/aromatic N) is 2. The molecule has 2 rings (SSSR count). The van der Waals surface area contributed by atoms with Crippen LogP contribution in [0.2, 0.25) is 0 Å². The van der Waals surface area contributed by atoms with E-state index in [1.54, 1.807) is 6.21 Å². The van der Waals surface area contributed by atoms with Gasteiger partial charge in [0.25, 0.3) is 0 Å². The fourth-order valence-electron chi connectivity index (χ4n) is 2.21. The van der Waals surface area contributed by atoms with E-state index >= 15 is 0 Å². The molecule has 19 heavy (non-hydrogen) atoms. The van der Waals surface area contributed by atoms with Gasteiger partial charge < -0.3 is 4.57 Å². The topological polar surface area (TPSA) is 46.4 Å². The zero-order valence-electron chi connectivity index (χ0n) is 12.2. The third-order valence-corrected chi connectivity index (χ3v) is 3.49. The molecular formula is C15H23N3O. The van der Waals surface area contributed by atoms with Gasteiger partial charge in [0, 0.05) is 29.4 Å². The van der Waals surface area contributed by atoms with Gasteiger partial charge in [-0.1, -0.05) is 13.8 Å². The van der Waals surface area contributed by atoms with E-state index in [2.05, 4.69) is 48.9 Å². The van der Waals surface area contributed by atoms with Gasteiger partial charge in [-0.3, -0.25) is 4.79 Å².